The minimum atomic E-state index is -0.785. The molecule has 5 heteroatoms. The summed E-state index contributed by atoms with van der Waals surface area (Å²) in [5, 5.41) is 15.8. The summed E-state index contributed by atoms with van der Waals surface area (Å²) in [5.74, 6) is -0.785. The Morgan fingerprint density at radius 3 is 3.19 bits per heavy atom. The summed E-state index contributed by atoms with van der Waals surface area (Å²) in [5.41, 5.74) is 2.12. The molecule has 0 aliphatic carbocycles. The van der Waals surface area contributed by atoms with E-state index < -0.39 is 5.97 Å². The summed E-state index contributed by atoms with van der Waals surface area (Å²) in [6.45, 7) is 1.11. The van der Waals surface area contributed by atoms with Gasteiger partial charge in [0.05, 0.1) is 18.1 Å². The number of fused-ring (bicyclic) bond motifs is 1. The zero-order valence-electron chi connectivity index (χ0n) is 8.76. The Kier molecular flexibility index (Phi) is 3.16. The first-order chi connectivity index (χ1) is 7.77. The van der Waals surface area contributed by atoms with Crippen LogP contribution >= 0.6 is 0 Å². The first kappa shape index (κ1) is 10.6. The molecular formula is C11H13N3O2. The second kappa shape index (κ2) is 4.76. The normalized spacial score (nSPS) is 10.8. The number of carboxylic acids is 1. The SMILES string of the molecule is O=C(O)CCNCc1cnn2ccccc12. The summed E-state index contributed by atoms with van der Waals surface area (Å²) < 4.78 is 1.80. The maximum absolute atomic E-state index is 10.3. The molecule has 0 aliphatic heterocycles. The molecule has 0 fully saturated rings. The molecule has 0 amide bonds. The van der Waals surface area contributed by atoms with Crippen LogP contribution in [0.15, 0.2) is 30.6 Å². The second-order valence-electron chi connectivity index (χ2n) is 3.52. The van der Waals surface area contributed by atoms with Crippen molar-refractivity contribution in [2.24, 2.45) is 0 Å². The molecule has 0 saturated heterocycles. The van der Waals surface area contributed by atoms with Gasteiger partial charge in [0, 0.05) is 24.8 Å². The van der Waals surface area contributed by atoms with Crippen LogP contribution in [0.3, 0.4) is 0 Å². The van der Waals surface area contributed by atoms with Crippen LogP contribution in [-0.4, -0.2) is 27.2 Å². The van der Waals surface area contributed by atoms with Crippen molar-refractivity contribution >= 4 is 11.5 Å². The van der Waals surface area contributed by atoms with Crippen LogP contribution in [0.4, 0.5) is 0 Å². The van der Waals surface area contributed by atoms with Gasteiger partial charge >= 0.3 is 5.97 Å². The largest absolute Gasteiger partial charge is 0.481 e. The number of hydrogen-bond acceptors (Lipinski definition) is 3. The fraction of sp³-hybridized carbons (Fsp3) is 0.273. The Morgan fingerprint density at radius 2 is 2.38 bits per heavy atom. The molecule has 0 atom stereocenters. The van der Waals surface area contributed by atoms with Gasteiger partial charge in [-0.15, -0.1) is 0 Å². The van der Waals surface area contributed by atoms with Crippen LogP contribution in [0.25, 0.3) is 5.52 Å². The number of rotatable bonds is 5. The fourth-order valence-corrected chi connectivity index (χ4v) is 1.54. The average Bonchev–Trinajstić information content (AvgIpc) is 2.68. The number of nitrogens with one attached hydrogen (secondary N) is 1. The number of carbonyl (C=O) groups is 1. The van der Waals surface area contributed by atoms with Crippen molar-refractivity contribution in [3.05, 3.63) is 36.2 Å². The Balaban J connectivity index is 1.97. The highest BCUT2D eigenvalue weighted by molar-refractivity contribution is 5.66. The first-order valence-corrected chi connectivity index (χ1v) is 5.11. The van der Waals surface area contributed by atoms with Crippen molar-refractivity contribution in [3.8, 4) is 0 Å². The van der Waals surface area contributed by atoms with E-state index in [1.807, 2.05) is 24.4 Å². The quantitative estimate of drug-likeness (QED) is 0.733. The maximum Gasteiger partial charge on any atom is 0.304 e. The van der Waals surface area contributed by atoms with E-state index in [9.17, 15) is 4.79 Å². The highest BCUT2D eigenvalue weighted by Gasteiger charge is 2.02. The van der Waals surface area contributed by atoms with Crippen molar-refractivity contribution in [2.45, 2.75) is 13.0 Å². The molecule has 5 nitrogen and oxygen atoms in total. The van der Waals surface area contributed by atoms with Crippen LogP contribution in [0.5, 0.6) is 0 Å². The van der Waals surface area contributed by atoms with Crippen molar-refractivity contribution in [1.29, 1.82) is 0 Å². The molecule has 0 spiro atoms. The van der Waals surface area contributed by atoms with Gasteiger partial charge in [0.2, 0.25) is 0 Å². The van der Waals surface area contributed by atoms with Gasteiger partial charge in [-0.25, -0.2) is 4.52 Å². The lowest BCUT2D eigenvalue weighted by Gasteiger charge is -2.01. The molecule has 0 radical (unpaired) electrons. The average molecular weight is 219 g/mol. The van der Waals surface area contributed by atoms with E-state index in [2.05, 4.69) is 10.4 Å². The Hall–Kier alpha value is -1.88. The second-order valence-corrected chi connectivity index (χ2v) is 3.52. The van der Waals surface area contributed by atoms with Crippen molar-refractivity contribution in [3.63, 3.8) is 0 Å². The number of aliphatic carboxylic acids is 1. The molecule has 0 aromatic carbocycles. The predicted molar refractivity (Wildman–Crippen MR) is 59.2 cm³/mol. The highest BCUT2D eigenvalue weighted by Crippen LogP contribution is 2.08. The number of nitrogens with zero attached hydrogens (tertiary/aromatic N) is 2. The van der Waals surface area contributed by atoms with Crippen LogP contribution in [-0.2, 0) is 11.3 Å². The van der Waals surface area contributed by atoms with Gasteiger partial charge < -0.3 is 10.4 Å². The van der Waals surface area contributed by atoms with E-state index in [0.29, 0.717) is 13.1 Å². The zero-order chi connectivity index (χ0) is 11.4. The third kappa shape index (κ3) is 2.38. The van der Waals surface area contributed by atoms with Gasteiger partial charge in [0.25, 0.3) is 0 Å². The molecule has 2 aromatic rings. The molecule has 0 aliphatic rings. The molecule has 0 bridgehead atoms. The number of carboxylic acid groups (broad SMARTS) is 1. The first-order valence-electron chi connectivity index (χ1n) is 5.11. The van der Waals surface area contributed by atoms with Gasteiger partial charge in [0.1, 0.15) is 0 Å². The van der Waals surface area contributed by atoms with Crippen molar-refractivity contribution in [2.75, 3.05) is 6.54 Å². The van der Waals surface area contributed by atoms with Gasteiger partial charge in [-0.3, -0.25) is 4.79 Å². The maximum atomic E-state index is 10.3. The molecule has 0 saturated carbocycles. The molecule has 16 heavy (non-hydrogen) atoms. The van der Waals surface area contributed by atoms with Crippen molar-refractivity contribution in [1.82, 2.24) is 14.9 Å². The van der Waals surface area contributed by atoms with E-state index >= 15 is 0 Å². The summed E-state index contributed by atoms with van der Waals surface area (Å²) in [6.07, 6.45) is 3.82. The van der Waals surface area contributed by atoms with E-state index in [1.165, 1.54) is 0 Å². The molecule has 0 unspecified atom stereocenters. The lowest BCUT2D eigenvalue weighted by molar-refractivity contribution is -0.136. The number of aromatic nitrogens is 2. The van der Waals surface area contributed by atoms with Gasteiger partial charge in [0.15, 0.2) is 0 Å². The topological polar surface area (TPSA) is 66.6 Å². The van der Waals surface area contributed by atoms with E-state index in [4.69, 9.17) is 5.11 Å². The lowest BCUT2D eigenvalue weighted by Crippen LogP contribution is -2.17. The van der Waals surface area contributed by atoms with Crippen LogP contribution < -0.4 is 5.32 Å². The third-order valence-corrected chi connectivity index (χ3v) is 2.34. The number of hydrogen-bond donors (Lipinski definition) is 2. The van der Waals surface area contributed by atoms with Crippen LogP contribution in [0.2, 0.25) is 0 Å². The smallest absolute Gasteiger partial charge is 0.304 e. The molecular weight excluding hydrogens is 206 g/mol. The van der Waals surface area contributed by atoms with Gasteiger partial charge in [-0.1, -0.05) is 6.07 Å². The Bertz CT molecular complexity index is 493. The van der Waals surface area contributed by atoms with Gasteiger partial charge in [-0.2, -0.15) is 5.10 Å². The molecule has 2 heterocycles. The summed E-state index contributed by atoms with van der Waals surface area (Å²) >= 11 is 0. The van der Waals surface area contributed by atoms with E-state index in [0.717, 1.165) is 11.1 Å². The molecule has 84 valence electrons. The number of pyridine rings is 1. The molecule has 2 N–H and O–H groups in total. The van der Waals surface area contributed by atoms with E-state index in [1.54, 1.807) is 10.7 Å². The predicted octanol–water partition coefficient (Wildman–Crippen LogP) is 0.899. The Labute approximate surface area is 92.7 Å². The van der Waals surface area contributed by atoms with E-state index in [-0.39, 0.29) is 6.42 Å². The van der Waals surface area contributed by atoms with Crippen molar-refractivity contribution < 1.29 is 9.90 Å². The fourth-order valence-electron chi connectivity index (χ4n) is 1.54. The third-order valence-electron chi connectivity index (χ3n) is 2.34. The van der Waals surface area contributed by atoms with Crippen LogP contribution in [0, 0.1) is 0 Å². The minimum absolute atomic E-state index is 0.138. The monoisotopic (exact) mass is 219 g/mol. The minimum Gasteiger partial charge on any atom is -0.481 e. The standard InChI is InChI=1S/C11H13N3O2/c15-11(16)4-5-12-7-9-8-13-14-6-2-1-3-10(9)14/h1-3,6,8,12H,4-5,7H2,(H,15,16). The lowest BCUT2D eigenvalue weighted by atomic mass is 10.2. The molecule has 2 aromatic heterocycles. The molecule has 2 rings (SSSR count). The zero-order valence-corrected chi connectivity index (χ0v) is 8.76. The summed E-state index contributed by atoms with van der Waals surface area (Å²) in [4.78, 5) is 10.3. The summed E-state index contributed by atoms with van der Waals surface area (Å²) in [7, 11) is 0. The van der Waals surface area contributed by atoms with Gasteiger partial charge in [-0.05, 0) is 12.1 Å². The Morgan fingerprint density at radius 1 is 1.50 bits per heavy atom. The summed E-state index contributed by atoms with van der Waals surface area (Å²) in [6, 6.07) is 5.86. The highest BCUT2D eigenvalue weighted by atomic mass is 16.4. The van der Waals surface area contributed by atoms with Crippen LogP contribution in [0.1, 0.15) is 12.0 Å².